The molecule has 0 N–H and O–H groups in total. The predicted molar refractivity (Wildman–Crippen MR) is 86.7 cm³/mol. The molecule has 2 aliphatic rings. The van der Waals surface area contributed by atoms with E-state index < -0.39 is 8.32 Å². The highest BCUT2D eigenvalue weighted by Gasteiger charge is 2.61. The first-order valence-electron chi connectivity index (χ1n) is 8.34. The van der Waals surface area contributed by atoms with Crippen molar-refractivity contribution in [2.75, 3.05) is 7.11 Å². The Hall–Kier alpha value is -0.743. The Morgan fingerprint density at radius 1 is 1.10 bits per heavy atom. The molecule has 0 radical (unpaired) electrons. The summed E-state index contributed by atoms with van der Waals surface area (Å²) in [7, 11) is -0.386. The van der Waals surface area contributed by atoms with Gasteiger partial charge < -0.3 is 13.6 Å². The number of methoxy groups -OCH3 is 1. The molecule has 1 aliphatic heterocycles. The normalized spacial score (nSPS) is 23.0. The summed E-state index contributed by atoms with van der Waals surface area (Å²) in [4.78, 5) is 0. The molecule has 1 fully saturated rings. The third-order valence-corrected chi connectivity index (χ3v) is 11.0. The van der Waals surface area contributed by atoms with E-state index in [0.29, 0.717) is 17.0 Å². The molecule has 1 aliphatic carbocycles. The first-order chi connectivity index (χ1) is 9.98. The predicted octanol–water partition coefficient (Wildman–Crippen LogP) is 4.45. The zero-order chi connectivity index (χ0) is 15.3. The van der Waals surface area contributed by atoms with Crippen molar-refractivity contribution >= 4 is 13.5 Å². The van der Waals surface area contributed by atoms with Crippen LogP contribution in [-0.2, 0) is 10.0 Å². The number of furan rings is 1. The van der Waals surface area contributed by atoms with Gasteiger partial charge in [0.15, 0.2) is 0 Å². The molecule has 4 heteroatoms. The van der Waals surface area contributed by atoms with Crippen molar-refractivity contribution in [2.24, 2.45) is 0 Å². The van der Waals surface area contributed by atoms with Gasteiger partial charge in [-0.3, -0.25) is 0 Å². The van der Waals surface area contributed by atoms with Gasteiger partial charge in [-0.2, -0.15) is 0 Å². The molecule has 2 heterocycles. The average Bonchev–Trinajstić information content (AvgIpc) is 2.99. The summed E-state index contributed by atoms with van der Waals surface area (Å²) in [6, 6.07) is 0. The molecule has 21 heavy (non-hydrogen) atoms. The van der Waals surface area contributed by atoms with E-state index in [9.17, 15) is 0 Å². The van der Waals surface area contributed by atoms with Crippen LogP contribution in [0.3, 0.4) is 0 Å². The second-order valence-corrected chi connectivity index (χ2v) is 11.9. The van der Waals surface area contributed by atoms with Crippen LogP contribution < -0.4 is 9.92 Å². The minimum absolute atomic E-state index is 0.0887. The van der Waals surface area contributed by atoms with Crippen molar-refractivity contribution in [1.29, 1.82) is 0 Å². The van der Waals surface area contributed by atoms with E-state index in [4.69, 9.17) is 13.6 Å². The minimum Gasteiger partial charge on any atom is -0.468 e. The SMILES string of the molecule is COc1occ2c1[Si](C(C)C)(C(C)C)OC21CCCCC1. The van der Waals surface area contributed by atoms with E-state index in [1.165, 1.54) is 30.0 Å². The van der Waals surface area contributed by atoms with Crippen molar-refractivity contribution in [3.05, 3.63) is 11.8 Å². The maximum absolute atomic E-state index is 7.05. The van der Waals surface area contributed by atoms with Gasteiger partial charge in [0.2, 0.25) is 8.32 Å². The number of ether oxygens (including phenoxy) is 1. The fourth-order valence-corrected chi connectivity index (χ4v) is 9.81. The molecule has 1 saturated carbocycles. The van der Waals surface area contributed by atoms with Crippen molar-refractivity contribution in [3.63, 3.8) is 0 Å². The molecule has 3 rings (SSSR count). The summed E-state index contributed by atoms with van der Waals surface area (Å²) in [5.41, 5.74) is 2.26. The lowest BCUT2D eigenvalue weighted by atomic mass is 9.81. The summed E-state index contributed by atoms with van der Waals surface area (Å²) in [5.74, 6) is 0.710. The molecule has 1 spiro atoms. The number of hydrogen-bond donors (Lipinski definition) is 0. The van der Waals surface area contributed by atoms with E-state index in [2.05, 4.69) is 27.7 Å². The molecule has 1 aromatic heterocycles. The molecule has 0 amide bonds. The monoisotopic (exact) mass is 308 g/mol. The molecular weight excluding hydrogens is 280 g/mol. The molecule has 3 nitrogen and oxygen atoms in total. The molecular formula is C17H28O3Si. The highest BCUT2D eigenvalue weighted by Crippen LogP contribution is 2.53. The average molecular weight is 308 g/mol. The summed E-state index contributed by atoms with van der Waals surface area (Å²) in [5, 5.41) is 1.32. The summed E-state index contributed by atoms with van der Waals surface area (Å²) in [6.45, 7) is 9.24. The standard InChI is InChI=1S/C17H28O3Si/c1-12(2)21(13(3)4)15-14(11-19-16(15)18-5)17(20-21)9-7-6-8-10-17/h11-13H,6-10H2,1-5H3. The second kappa shape index (κ2) is 5.16. The zero-order valence-electron chi connectivity index (χ0n) is 14.0. The largest absolute Gasteiger partial charge is 0.468 e. The van der Waals surface area contributed by atoms with Crippen molar-refractivity contribution in [3.8, 4) is 5.95 Å². The van der Waals surface area contributed by atoms with Crippen molar-refractivity contribution in [1.82, 2.24) is 0 Å². The maximum atomic E-state index is 7.05. The topological polar surface area (TPSA) is 31.6 Å². The fraction of sp³-hybridized carbons (Fsp3) is 0.765. The second-order valence-electron chi connectivity index (χ2n) is 7.28. The Kier molecular flexibility index (Phi) is 3.73. The fourth-order valence-electron chi connectivity index (χ4n) is 4.60. The highest BCUT2D eigenvalue weighted by molar-refractivity contribution is 6.90. The van der Waals surface area contributed by atoms with E-state index in [1.54, 1.807) is 7.11 Å². The van der Waals surface area contributed by atoms with Crippen molar-refractivity contribution < 1.29 is 13.6 Å². The van der Waals surface area contributed by atoms with E-state index in [-0.39, 0.29) is 5.60 Å². The lowest BCUT2D eigenvalue weighted by molar-refractivity contribution is 0.0241. The van der Waals surface area contributed by atoms with Gasteiger partial charge in [-0.1, -0.05) is 47.0 Å². The molecule has 0 bridgehead atoms. The molecule has 0 saturated heterocycles. The maximum Gasteiger partial charge on any atom is 0.285 e. The van der Waals surface area contributed by atoms with Crippen LogP contribution in [0.5, 0.6) is 5.95 Å². The molecule has 0 atom stereocenters. The lowest BCUT2D eigenvalue weighted by Gasteiger charge is -2.41. The van der Waals surface area contributed by atoms with Crippen LogP contribution >= 0.6 is 0 Å². The smallest absolute Gasteiger partial charge is 0.285 e. The Balaban J connectivity index is 2.19. The van der Waals surface area contributed by atoms with Gasteiger partial charge in [0.25, 0.3) is 5.95 Å². The molecule has 0 aromatic carbocycles. The van der Waals surface area contributed by atoms with Crippen LogP contribution in [0.1, 0.15) is 65.4 Å². The zero-order valence-corrected chi connectivity index (χ0v) is 15.0. The first-order valence-corrected chi connectivity index (χ1v) is 10.4. The Morgan fingerprint density at radius 2 is 1.71 bits per heavy atom. The van der Waals surface area contributed by atoms with Gasteiger partial charge in [-0.15, -0.1) is 0 Å². The number of rotatable bonds is 3. The number of fused-ring (bicyclic) bond motifs is 2. The Morgan fingerprint density at radius 3 is 2.24 bits per heavy atom. The van der Waals surface area contributed by atoms with E-state index in [1.807, 2.05) is 6.26 Å². The minimum atomic E-state index is -2.10. The molecule has 118 valence electrons. The van der Waals surface area contributed by atoms with Crippen LogP contribution in [0.4, 0.5) is 0 Å². The Labute approximate surface area is 129 Å². The van der Waals surface area contributed by atoms with Crippen LogP contribution in [-0.4, -0.2) is 15.4 Å². The van der Waals surface area contributed by atoms with Gasteiger partial charge in [-0.25, -0.2) is 0 Å². The number of hydrogen-bond acceptors (Lipinski definition) is 3. The Bertz CT molecular complexity index is 504. The lowest BCUT2D eigenvalue weighted by Crippen LogP contribution is -2.53. The van der Waals surface area contributed by atoms with Gasteiger partial charge in [0.05, 0.1) is 17.9 Å². The van der Waals surface area contributed by atoms with Crippen LogP contribution in [0.2, 0.25) is 11.1 Å². The van der Waals surface area contributed by atoms with Crippen LogP contribution in [0, 0.1) is 0 Å². The molecule has 0 unspecified atom stereocenters. The molecule has 1 aromatic rings. The van der Waals surface area contributed by atoms with Gasteiger partial charge in [0, 0.05) is 5.56 Å². The van der Waals surface area contributed by atoms with Gasteiger partial charge >= 0.3 is 0 Å². The third-order valence-electron chi connectivity index (χ3n) is 5.57. The highest BCUT2D eigenvalue weighted by atomic mass is 28.4. The van der Waals surface area contributed by atoms with Crippen LogP contribution in [0.15, 0.2) is 10.7 Å². The van der Waals surface area contributed by atoms with Crippen LogP contribution in [0.25, 0.3) is 0 Å². The third kappa shape index (κ3) is 1.95. The van der Waals surface area contributed by atoms with Gasteiger partial charge in [-0.05, 0) is 23.9 Å². The van der Waals surface area contributed by atoms with E-state index >= 15 is 0 Å². The summed E-state index contributed by atoms with van der Waals surface area (Å²) in [6.07, 6.45) is 8.04. The van der Waals surface area contributed by atoms with E-state index in [0.717, 1.165) is 12.8 Å². The summed E-state index contributed by atoms with van der Waals surface area (Å²) >= 11 is 0. The van der Waals surface area contributed by atoms with Gasteiger partial charge in [0.1, 0.15) is 6.26 Å². The summed E-state index contributed by atoms with van der Waals surface area (Å²) < 4.78 is 18.4. The quantitative estimate of drug-likeness (QED) is 0.773. The van der Waals surface area contributed by atoms with Crippen molar-refractivity contribution in [2.45, 2.75) is 76.5 Å². The first kappa shape index (κ1) is 15.2.